The molecule has 0 saturated carbocycles. The molecular weight excluding hydrogens is 252 g/mol. The van der Waals surface area contributed by atoms with E-state index in [0.29, 0.717) is 19.0 Å². The van der Waals surface area contributed by atoms with Crippen molar-refractivity contribution in [2.75, 3.05) is 13.1 Å². The van der Waals surface area contributed by atoms with Crippen LogP contribution in [0.4, 0.5) is 4.79 Å². The van der Waals surface area contributed by atoms with Gasteiger partial charge in [-0.25, -0.2) is 4.79 Å². The molecule has 0 aromatic heterocycles. The smallest absolute Gasteiger partial charge is 0.410 e. The van der Waals surface area contributed by atoms with Gasteiger partial charge in [-0.05, 0) is 38.3 Å². The first kappa shape index (κ1) is 14.9. The molecule has 0 radical (unpaired) electrons. The summed E-state index contributed by atoms with van der Waals surface area (Å²) in [5.74, 6) is 0.363. The highest BCUT2D eigenvalue weighted by atomic mass is 16.6. The summed E-state index contributed by atoms with van der Waals surface area (Å²) in [7, 11) is 0. The Bertz CT molecular complexity index is 480. The van der Waals surface area contributed by atoms with Gasteiger partial charge >= 0.3 is 6.09 Å². The summed E-state index contributed by atoms with van der Waals surface area (Å²) in [5.41, 5.74) is 7.79. The van der Waals surface area contributed by atoms with E-state index in [4.69, 9.17) is 10.5 Å². The Labute approximate surface area is 120 Å². The van der Waals surface area contributed by atoms with Gasteiger partial charge in [0.05, 0.1) is 0 Å². The van der Waals surface area contributed by atoms with Crippen LogP contribution in [-0.2, 0) is 11.3 Å². The molecule has 2 N–H and O–H groups in total. The van der Waals surface area contributed by atoms with Crippen molar-refractivity contribution < 1.29 is 9.53 Å². The van der Waals surface area contributed by atoms with Crippen LogP contribution in [-0.4, -0.2) is 29.7 Å². The van der Waals surface area contributed by atoms with Gasteiger partial charge in [0, 0.05) is 25.6 Å². The van der Waals surface area contributed by atoms with Crippen molar-refractivity contribution in [2.24, 2.45) is 5.73 Å². The second-order valence-electron chi connectivity index (χ2n) is 6.31. The zero-order valence-electron chi connectivity index (χ0n) is 12.6. The molecule has 0 spiro atoms. The summed E-state index contributed by atoms with van der Waals surface area (Å²) in [6, 6.07) is 8.22. The topological polar surface area (TPSA) is 55.6 Å². The van der Waals surface area contributed by atoms with Gasteiger partial charge in [-0.15, -0.1) is 0 Å². The first-order valence-electron chi connectivity index (χ1n) is 7.16. The lowest BCUT2D eigenvalue weighted by Gasteiger charge is -2.24. The number of carbonyl (C=O) groups excluding carboxylic acids is 1. The van der Waals surface area contributed by atoms with Crippen LogP contribution < -0.4 is 5.73 Å². The summed E-state index contributed by atoms with van der Waals surface area (Å²) in [4.78, 5) is 13.9. The molecule has 1 aromatic rings. The number of benzene rings is 1. The summed E-state index contributed by atoms with van der Waals surface area (Å²) < 4.78 is 5.42. The molecule has 4 nitrogen and oxygen atoms in total. The highest BCUT2D eigenvalue weighted by molar-refractivity contribution is 5.68. The molecule has 20 heavy (non-hydrogen) atoms. The van der Waals surface area contributed by atoms with Crippen molar-refractivity contribution in [1.29, 1.82) is 0 Å². The third-order valence-corrected chi connectivity index (χ3v) is 3.55. The molecule has 4 heteroatoms. The van der Waals surface area contributed by atoms with Gasteiger partial charge in [0.15, 0.2) is 0 Å². The van der Waals surface area contributed by atoms with Crippen molar-refractivity contribution in [1.82, 2.24) is 4.90 Å². The third-order valence-electron chi connectivity index (χ3n) is 3.55. The summed E-state index contributed by atoms with van der Waals surface area (Å²) in [6.45, 7) is 7.68. The van der Waals surface area contributed by atoms with E-state index < -0.39 is 5.60 Å². The molecule has 1 amide bonds. The Morgan fingerprint density at radius 1 is 1.40 bits per heavy atom. The summed E-state index contributed by atoms with van der Waals surface area (Å²) in [5, 5.41) is 0. The number of carbonyl (C=O) groups is 1. The highest BCUT2D eigenvalue weighted by Crippen LogP contribution is 2.30. The fourth-order valence-electron chi connectivity index (χ4n) is 2.62. The minimum Gasteiger partial charge on any atom is -0.444 e. The zero-order valence-corrected chi connectivity index (χ0v) is 12.6. The number of ether oxygens (including phenoxy) is 1. The molecule has 0 bridgehead atoms. The minimum atomic E-state index is -0.440. The number of nitrogens with two attached hydrogens (primary N) is 1. The molecule has 1 aliphatic rings. The SMILES string of the molecule is CC(C)(C)OC(=O)N1CCC(c2ccccc2CN)C1. The van der Waals surface area contributed by atoms with E-state index in [0.717, 1.165) is 13.0 Å². The van der Waals surface area contributed by atoms with Crippen LogP contribution in [0.15, 0.2) is 24.3 Å². The number of hydrogen-bond donors (Lipinski definition) is 1. The van der Waals surface area contributed by atoms with E-state index in [9.17, 15) is 4.79 Å². The van der Waals surface area contributed by atoms with Crippen LogP contribution in [0.25, 0.3) is 0 Å². The van der Waals surface area contributed by atoms with Crippen molar-refractivity contribution in [3.63, 3.8) is 0 Å². The van der Waals surface area contributed by atoms with Crippen molar-refractivity contribution in [2.45, 2.75) is 45.3 Å². The van der Waals surface area contributed by atoms with Gasteiger partial charge in [-0.2, -0.15) is 0 Å². The van der Waals surface area contributed by atoms with Gasteiger partial charge in [-0.3, -0.25) is 0 Å². The molecule has 1 aliphatic heterocycles. The Kier molecular flexibility index (Phi) is 4.33. The molecule has 1 atom stereocenters. The Hall–Kier alpha value is -1.55. The van der Waals surface area contributed by atoms with Crippen molar-refractivity contribution in [3.05, 3.63) is 35.4 Å². The first-order chi connectivity index (χ1) is 9.40. The predicted molar refractivity (Wildman–Crippen MR) is 79.5 cm³/mol. The first-order valence-corrected chi connectivity index (χ1v) is 7.16. The molecular formula is C16H24N2O2. The number of nitrogens with zero attached hydrogens (tertiary/aromatic N) is 1. The van der Waals surface area contributed by atoms with E-state index in [-0.39, 0.29) is 6.09 Å². The monoisotopic (exact) mass is 276 g/mol. The van der Waals surface area contributed by atoms with E-state index in [1.165, 1.54) is 11.1 Å². The van der Waals surface area contributed by atoms with Gasteiger partial charge < -0.3 is 15.4 Å². The van der Waals surface area contributed by atoms with Crippen LogP contribution >= 0.6 is 0 Å². The third kappa shape index (κ3) is 3.51. The second kappa shape index (κ2) is 5.83. The number of rotatable bonds is 2. The van der Waals surface area contributed by atoms with Gasteiger partial charge in [0.2, 0.25) is 0 Å². The largest absolute Gasteiger partial charge is 0.444 e. The lowest BCUT2D eigenvalue weighted by molar-refractivity contribution is 0.0292. The minimum absolute atomic E-state index is 0.217. The number of likely N-dealkylation sites (tertiary alicyclic amines) is 1. The Morgan fingerprint density at radius 3 is 2.75 bits per heavy atom. The molecule has 1 aromatic carbocycles. The zero-order chi connectivity index (χ0) is 14.8. The fourth-order valence-corrected chi connectivity index (χ4v) is 2.62. The maximum atomic E-state index is 12.1. The van der Waals surface area contributed by atoms with E-state index in [1.807, 2.05) is 32.9 Å². The Balaban J connectivity index is 2.04. The maximum absolute atomic E-state index is 12.1. The maximum Gasteiger partial charge on any atom is 0.410 e. The molecule has 1 saturated heterocycles. The highest BCUT2D eigenvalue weighted by Gasteiger charge is 2.31. The van der Waals surface area contributed by atoms with E-state index in [2.05, 4.69) is 12.1 Å². The van der Waals surface area contributed by atoms with Crippen LogP contribution in [0, 0.1) is 0 Å². The normalized spacial score (nSPS) is 19.2. The lowest BCUT2D eigenvalue weighted by Crippen LogP contribution is -2.35. The molecule has 2 rings (SSSR count). The van der Waals surface area contributed by atoms with E-state index >= 15 is 0 Å². The van der Waals surface area contributed by atoms with Gasteiger partial charge in [0.25, 0.3) is 0 Å². The number of amides is 1. The molecule has 0 aliphatic carbocycles. The average molecular weight is 276 g/mol. The fraction of sp³-hybridized carbons (Fsp3) is 0.562. The molecule has 1 fully saturated rings. The van der Waals surface area contributed by atoms with Crippen molar-refractivity contribution >= 4 is 6.09 Å². The quantitative estimate of drug-likeness (QED) is 0.903. The van der Waals surface area contributed by atoms with Crippen LogP contribution in [0.1, 0.15) is 44.2 Å². The standard InChI is InChI=1S/C16H24N2O2/c1-16(2,3)20-15(19)18-9-8-13(11-18)14-7-5-4-6-12(14)10-17/h4-7,13H,8-11,17H2,1-3H3. The molecule has 110 valence electrons. The molecule has 1 heterocycles. The summed E-state index contributed by atoms with van der Waals surface area (Å²) in [6.07, 6.45) is 0.751. The number of hydrogen-bond acceptors (Lipinski definition) is 3. The Morgan fingerprint density at radius 2 is 2.10 bits per heavy atom. The predicted octanol–water partition coefficient (Wildman–Crippen LogP) is 2.87. The average Bonchev–Trinajstić information content (AvgIpc) is 2.86. The molecule has 1 unspecified atom stereocenters. The van der Waals surface area contributed by atoms with Gasteiger partial charge in [-0.1, -0.05) is 24.3 Å². The van der Waals surface area contributed by atoms with Crippen LogP contribution in [0.5, 0.6) is 0 Å². The summed E-state index contributed by atoms with van der Waals surface area (Å²) >= 11 is 0. The van der Waals surface area contributed by atoms with E-state index in [1.54, 1.807) is 4.90 Å². The van der Waals surface area contributed by atoms with Crippen LogP contribution in [0.3, 0.4) is 0 Å². The second-order valence-corrected chi connectivity index (χ2v) is 6.31. The van der Waals surface area contributed by atoms with Crippen LogP contribution in [0.2, 0.25) is 0 Å². The van der Waals surface area contributed by atoms with Gasteiger partial charge in [0.1, 0.15) is 5.60 Å². The lowest BCUT2D eigenvalue weighted by atomic mass is 9.93. The van der Waals surface area contributed by atoms with Crippen molar-refractivity contribution in [3.8, 4) is 0 Å².